The standard InChI is InChI=1S/C17H17N5O3S/c18-16(23)11-8-10(19-20-11)13-4-1-2-6-22(13)17(24)12-9-14(25-21-12)15-5-3-7-26-15/h3,5,7-9,13H,1-2,4,6H2,(H2,18,23)(H,19,20). The molecule has 1 unspecified atom stereocenters. The summed E-state index contributed by atoms with van der Waals surface area (Å²) in [5.41, 5.74) is 6.41. The molecule has 0 aliphatic carbocycles. The van der Waals surface area contributed by atoms with Crippen LogP contribution in [0, 0.1) is 0 Å². The number of thiophene rings is 1. The van der Waals surface area contributed by atoms with Crippen LogP contribution in [0.5, 0.6) is 0 Å². The molecule has 3 aromatic rings. The van der Waals surface area contributed by atoms with E-state index >= 15 is 0 Å². The number of carbonyl (C=O) groups excluding carboxylic acids is 2. The first-order valence-electron chi connectivity index (χ1n) is 8.30. The Morgan fingerprint density at radius 2 is 2.19 bits per heavy atom. The molecule has 1 fully saturated rings. The highest BCUT2D eigenvalue weighted by Gasteiger charge is 2.32. The van der Waals surface area contributed by atoms with Crippen molar-refractivity contribution in [1.82, 2.24) is 20.3 Å². The lowest BCUT2D eigenvalue weighted by Crippen LogP contribution is -2.38. The Balaban J connectivity index is 1.59. The summed E-state index contributed by atoms with van der Waals surface area (Å²) in [5.74, 6) is -0.218. The van der Waals surface area contributed by atoms with Crippen LogP contribution in [0.25, 0.3) is 10.6 Å². The molecule has 1 saturated heterocycles. The Kier molecular flexibility index (Phi) is 4.29. The van der Waals surface area contributed by atoms with E-state index < -0.39 is 5.91 Å². The van der Waals surface area contributed by atoms with E-state index in [2.05, 4.69) is 15.4 Å². The number of primary amides is 1. The average Bonchev–Trinajstić information content (AvgIpc) is 3.42. The van der Waals surface area contributed by atoms with Crippen LogP contribution in [0.4, 0.5) is 0 Å². The van der Waals surface area contributed by atoms with Crippen molar-refractivity contribution in [1.29, 1.82) is 0 Å². The third-order valence-corrected chi connectivity index (χ3v) is 5.35. The van der Waals surface area contributed by atoms with Crippen LogP contribution in [0.1, 0.15) is 52.0 Å². The van der Waals surface area contributed by atoms with Crippen LogP contribution in [-0.2, 0) is 0 Å². The van der Waals surface area contributed by atoms with E-state index in [1.54, 1.807) is 17.0 Å². The van der Waals surface area contributed by atoms with Gasteiger partial charge in [-0.25, -0.2) is 0 Å². The van der Waals surface area contributed by atoms with Crippen molar-refractivity contribution in [2.45, 2.75) is 25.3 Å². The highest BCUT2D eigenvalue weighted by molar-refractivity contribution is 7.13. The van der Waals surface area contributed by atoms with Crippen LogP contribution < -0.4 is 5.73 Å². The predicted octanol–water partition coefficient (Wildman–Crippen LogP) is 2.59. The molecule has 3 N–H and O–H groups in total. The normalized spacial score (nSPS) is 17.4. The summed E-state index contributed by atoms with van der Waals surface area (Å²) in [6.07, 6.45) is 2.68. The van der Waals surface area contributed by atoms with Crippen molar-refractivity contribution in [3.8, 4) is 10.6 Å². The van der Waals surface area contributed by atoms with E-state index in [1.165, 1.54) is 11.3 Å². The molecule has 0 saturated carbocycles. The topological polar surface area (TPSA) is 118 Å². The van der Waals surface area contributed by atoms with Gasteiger partial charge in [-0.15, -0.1) is 11.3 Å². The van der Waals surface area contributed by atoms with Gasteiger partial charge in [0.1, 0.15) is 5.69 Å². The van der Waals surface area contributed by atoms with Gasteiger partial charge in [0.25, 0.3) is 11.8 Å². The number of carbonyl (C=O) groups is 2. The van der Waals surface area contributed by atoms with Gasteiger partial charge in [-0.1, -0.05) is 11.2 Å². The summed E-state index contributed by atoms with van der Waals surface area (Å²) in [6, 6.07) is 6.91. The molecule has 4 rings (SSSR count). The third-order valence-electron chi connectivity index (χ3n) is 4.47. The number of aromatic nitrogens is 3. The van der Waals surface area contributed by atoms with Crippen molar-refractivity contribution in [2.24, 2.45) is 5.73 Å². The van der Waals surface area contributed by atoms with Crippen molar-refractivity contribution >= 4 is 23.2 Å². The zero-order valence-electron chi connectivity index (χ0n) is 13.8. The molecule has 9 heteroatoms. The minimum absolute atomic E-state index is 0.166. The number of likely N-dealkylation sites (tertiary alicyclic amines) is 1. The van der Waals surface area contributed by atoms with Gasteiger partial charge in [-0.3, -0.25) is 14.7 Å². The van der Waals surface area contributed by atoms with Gasteiger partial charge >= 0.3 is 0 Å². The Morgan fingerprint density at radius 1 is 1.31 bits per heavy atom. The van der Waals surface area contributed by atoms with E-state index in [-0.39, 0.29) is 23.3 Å². The molecule has 1 aliphatic rings. The molecule has 26 heavy (non-hydrogen) atoms. The highest BCUT2D eigenvalue weighted by atomic mass is 32.1. The number of hydrogen-bond acceptors (Lipinski definition) is 6. The van der Waals surface area contributed by atoms with Gasteiger partial charge in [0.15, 0.2) is 11.5 Å². The van der Waals surface area contributed by atoms with Gasteiger partial charge in [0.05, 0.1) is 16.6 Å². The lowest BCUT2D eigenvalue weighted by atomic mass is 9.98. The van der Waals surface area contributed by atoms with Crippen LogP contribution in [0.15, 0.2) is 34.2 Å². The number of hydrogen-bond donors (Lipinski definition) is 2. The summed E-state index contributed by atoms with van der Waals surface area (Å²) < 4.78 is 5.33. The van der Waals surface area contributed by atoms with E-state index in [9.17, 15) is 9.59 Å². The van der Waals surface area contributed by atoms with Gasteiger partial charge < -0.3 is 15.2 Å². The molecule has 0 aromatic carbocycles. The summed E-state index contributed by atoms with van der Waals surface area (Å²) in [6.45, 7) is 0.607. The Morgan fingerprint density at radius 3 is 2.92 bits per heavy atom. The fourth-order valence-electron chi connectivity index (χ4n) is 3.19. The van der Waals surface area contributed by atoms with E-state index in [1.807, 2.05) is 17.5 Å². The monoisotopic (exact) mass is 371 g/mol. The summed E-state index contributed by atoms with van der Waals surface area (Å²) in [5, 5.41) is 12.6. The quantitative estimate of drug-likeness (QED) is 0.731. The van der Waals surface area contributed by atoms with Crippen molar-refractivity contribution in [2.75, 3.05) is 6.54 Å². The Bertz CT molecular complexity index is 930. The number of rotatable bonds is 4. The predicted molar refractivity (Wildman–Crippen MR) is 94.6 cm³/mol. The minimum atomic E-state index is -0.599. The number of amides is 2. The SMILES string of the molecule is NC(=O)c1cc(C2CCCCN2C(=O)c2cc(-c3cccs3)on2)[nH]n1. The Labute approximate surface area is 153 Å². The maximum atomic E-state index is 13.0. The highest BCUT2D eigenvalue weighted by Crippen LogP contribution is 2.32. The fraction of sp³-hybridized carbons (Fsp3) is 0.294. The summed E-state index contributed by atoms with van der Waals surface area (Å²) in [7, 11) is 0. The van der Waals surface area contributed by atoms with Gasteiger partial charge in [0, 0.05) is 12.6 Å². The van der Waals surface area contributed by atoms with E-state index in [0.29, 0.717) is 18.0 Å². The van der Waals surface area contributed by atoms with Crippen LogP contribution in [-0.4, -0.2) is 38.6 Å². The molecule has 2 amide bonds. The summed E-state index contributed by atoms with van der Waals surface area (Å²) in [4.78, 5) is 26.9. The molecule has 0 radical (unpaired) electrons. The van der Waals surface area contributed by atoms with Crippen molar-refractivity contribution in [3.05, 3.63) is 46.7 Å². The fourth-order valence-corrected chi connectivity index (χ4v) is 3.86. The number of H-pyrrole nitrogens is 1. The first kappa shape index (κ1) is 16.5. The first-order chi connectivity index (χ1) is 12.6. The number of nitrogens with one attached hydrogen (secondary N) is 1. The number of nitrogens with two attached hydrogens (primary N) is 1. The van der Waals surface area contributed by atoms with E-state index in [0.717, 1.165) is 24.1 Å². The molecule has 8 nitrogen and oxygen atoms in total. The number of aromatic amines is 1. The van der Waals surface area contributed by atoms with Gasteiger partial charge in [0.2, 0.25) is 0 Å². The zero-order chi connectivity index (χ0) is 18.1. The Hall–Kier alpha value is -2.94. The zero-order valence-corrected chi connectivity index (χ0v) is 14.7. The van der Waals surface area contributed by atoms with E-state index in [4.69, 9.17) is 10.3 Å². The largest absolute Gasteiger partial charge is 0.364 e. The molecule has 1 aliphatic heterocycles. The molecular formula is C17H17N5O3S. The van der Waals surface area contributed by atoms with Gasteiger partial charge in [-0.05, 0) is 36.8 Å². The second-order valence-electron chi connectivity index (χ2n) is 6.14. The second-order valence-corrected chi connectivity index (χ2v) is 7.08. The molecule has 4 heterocycles. The maximum Gasteiger partial charge on any atom is 0.276 e. The average molecular weight is 371 g/mol. The molecule has 134 valence electrons. The van der Waals surface area contributed by atoms with Crippen LogP contribution >= 0.6 is 11.3 Å². The van der Waals surface area contributed by atoms with Crippen LogP contribution in [0.3, 0.4) is 0 Å². The molecule has 0 spiro atoms. The maximum absolute atomic E-state index is 13.0. The second kappa shape index (κ2) is 6.75. The molecule has 0 bridgehead atoms. The molecule has 3 aromatic heterocycles. The smallest absolute Gasteiger partial charge is 0.276 e. The van der Waals surface area contributed by atoms with Crippen molar-refractivity contribution < 1.29 is 14.1 Å². The minimum Gasteiger partial charge on any atom is -0.364 e. The molecular weight excluding hydrogens is 354 g/mol. The number of piperidine rings is 1. The third kappa shape index (κ3) is 3.01. The lowest BCUT2D eigenvalue weighted by molar-refractivity contribution is 0.0595. The lowest BCUT2D eigenvalue weighted by Gasteiger charge is -2.34. The number of nitrogens with zero attached hydrogens (tertiary/aromatic N) is 3. The summed E-state index contributed by atoms with van der Waals surface area (Å²) >= 11 is 1.52. The van der Waals surface area contributed by atoms with Gasteiger partial charge in [-0.2, -0.15) is 5.10 Å². The molecule has 1 atom stereocenters. The first-order valence-corrected chi connectivity index (χ1v) is 9.18. The van der Waals surface area contributed by atoms with Crippen molar-refractivity contribution in [3.63, 3.8) is 0 Å². The van der Waals surface area contributed by atoms with Crippen LogP contribution in [0.2, 0.25) is 0 Å².